The molecule has 3 unspecified atom stereocenters. The summed E-state index contributed by atoms with van der Waals surface area (Å²) in [5, 5.41) is 0. The Kier molecular flexibility index (Phi) is 2.42. The maximum atomic E-state index is 5.85. The van der Waals surface area contributed by atoms with Gasteiger partial charge in [-0.3, -0.25) is 0 Å². The van der Waals surface area contributed by atoms with Crippen LogP contribution in [0.5, 0.6) is 0 Å². The molecule has 1 saturated carbocycles. The van der Waals surface area contributed by atoms with Gasteiger partial charge in [0.1, 0.15) is 0 Å². The molecule has 0 aromatic heterocycles. The molecule has 2 heteroatoms. The number of hydrogen-bond acceptors (Lipinski definition) is 2. The van der Waals surface area contributed by atoms with Crippen molar-refractivity contribution >= 4 is 17.1 Å². The lowest BCUT2D eigenvalue weighted by atomic mass is 10.0. The quantitative estimate of drug-likeness (QED) is 0.587. The molecular formula is C8H15NS. The minimum atomic E-state index is 0.392. The summed E-state index contributed by atoms with van der Waals surface area (Å²) in [6.45, 7) is 4.24. The lowest BCUT2D eigenvalue weighted by Crippen LogP contribution is -2.22. The third-order valence-corrected chi connectivity index (χ3v) is 2.85. The second-order valence-electron chi connectivity index (χ2n) is 3.42. The fourth-order valence-corrected chi connectivity index (χ4v) is 1.81. The van der Waals surface area contributed by atoms with E-state index in [-0.39, 0.29) is 0 Å². The molecule has 0 amide bonds. The van der Waals surface area contributed by atoms with Crippen molar-refractivity contribution in [3.05, 3.63) is 0 Å². The lowest BCUT2D eigenvalue weighted by molar-refractivity contribution is 0.526. The van der Waals surface area contributed by atoms with Crippen LogP contribution in [0.15, 0.2) is 0 Å². The Morgan fingerprint density at radius 1 is 1.50 bits per heavy atom. The van der Waals surface area contributed by atoms with Crippen molar-refractivity contribution in [2.75, 3.05) is 0 Å². The van der Waals surface area contributed by atoms with Gasteiger partial charge in [-0.05, 0) is 36.5 Å². The highest BCUT2D eigenvalue weighted by Gasteiger charge is 2.29. The smallest absolute Gasteiger partial charge is 0.00707 e. The van der Waals surface area contributed by atoms with Gasteiger partial charge in [0.25, 0.3) is 0 Å². The van der Waals surface area contributed by atoms with E-state index in [1.807, 2.05) is 6.92 Å². The Bertz CT molecular complexity index is 134. The van der Waals surface area contributed by atoms with Crippen LogP contribution in [-0.4, -0.2) is 10.9 Å². The number of thiocarbonyl (C=S) groups is 1. The average molecular weight is 157 g/mol. The van der Waals surface area contributed by atoms with Crippen molar-refractivity contribution in [1.82, 2.24) is 0 Å². The Balaban J connectivity index is 2.49. The Labute approximate surface area is 68.0 Å². The van der Waals surface area contributed by atoms with Crippen LogP contribution in [0.25, 0.3) is 0 Å². The molecule has 0 heterocycles. The molecular weight excluding hydrogens is 142 g/mol. The fraction of sp³-hybridized carbons (Fsp3) is 0.875. The van der Waals surface area contributed by atoms with Crippen LogP contribution >= 0.6 is 12.2 Å². The largest absolute Gasteiger partial charge is 0.327 e. The van der Waals surface area contributed by atoms with E-state index in [4.69, 9.17) is 18.0 Å². The molecule has 0 saturated heterocycles. The van der Waals surface area contributed by atoms with Gasteiger partial charge in [0.15, 0.2) is 0 Å². The van der Waals surface area contributed by atoms with E-state index in [2.05, 4.69) is 6.92 Å². The van der Waals surface area contributed by atoms with Crippen LogP contribution in [0.3, 0.4) is 0 Å². The van der Waals surface area contributed by atoms with Crippen molar-refractivity contribution in [3.8, 4) is 0 Å². The Hall–Kier alpha value is 0.0500. The summed E-state index contributed by atoms with van der Waals surface area (Å²) in [5.74, 6) is 1.29. The van der Waals surface area contributed by atoms with Crippen LogP contribution in [0.4, 0.5) is 0 Å². The van der Waals surface area contributed by atoms with Crippen LogP contribution in [0.1, 0.15) is 26.7 Å². The summed E-state index contributed by atoms with van der Waals surface area (Å²) in [7, 11) is 0. The standard InChI is InChI=1S/C8H15NS/c1-5-3-7(6(2)10)4-8(5)9/h5,7-8H,3-4,9H2,1-2H3. The number of rotatable bonds is 1. The molecule has 1 nitrogen and oxygen atoms in total. The minimum Gasteiger partial charge on any atom is -0.327 e. The van der Waals surface area contributed by atoms with E-state index < -0.39 is 0 Å². The predicted molar refractivity (Wildman–Crippen MR) is 48.1 cm³/mol. The van der Waals surface area contributed by atoms with E-state index in [0.717, 1.165) is 11.3 Å². The topological polar surface area (TPSA) is 26.0 Å². The molecule has 1 aliphatic rings. The van der Waals surface area contributed by atoms with Gasteiger partial charge in [-0.1, -0.05) is 19.1 Å². The molecule has 0 aromatic carbocycles. The molecule has 0 spiro atoms. The van der Waals surface area contributed by atoms with Crippen molar-refractivity contribution in [2.24, 2.45) is 17.6 Å². The molecule has 1 fully saturated rings. The molecule has 1 rings (SSSR count). The average Bonchev–Trinajstić information content (AvgIpc) is 2.13. The zero-order chi connectivity index (χ0) is 7.72. The monoisotopic (exact) mass is 157 g/mol. The van der Waals surface area contributed by atoms with E-state index in [1.165, 1.54) is 6.42 Å². The molecule has 0 radical (unpaired) electrons. The molecule has 0 aliphatic heterocycles. The highest BCUT2D eigenvalue weighted by atomic mass is 32.1. The van der Waals surface area contributed by atoms with Gasteiger partial charge < -0.3 is 5.73 Å². The van der Waals surface area contributed by atoms with Gasteiger partial charge in [-0.15, -0.1) is 0 Å². The van der Waals surface area contributed by atoms with Crippen molar-refractivity contribution in [1.29, 1.82) is 0 Å². The summed E-state index contributed by atoms with van der Waals surface area (Å²) < 4.78 is 0. The first kappa shape index (κ1) is 8.15. The third-order valence-electron chi connectivity index (χ3n) is 2.52. The minimum absolute atomic E-state index is 0.392. The van der Waals surface area contributed by atoms with Crippen LogP contribution < -0.4 is 5.73 Å². The zero-order valence-electron chi connectivity index (χ0n) is 6.63. The van der Waals surface area contributed by atoms with Gasteiger partial charge in [0.05, 0.1) is 0 Å². The molecule has 0 aromatic rings. The van der Waals surface area contributed by atoms with E-state index in [9.17, 15) is 0 Å². The molecule has 3 atom stereocenters. The first-order valence-corrected chi connectivity index (χ1v) is 4.28. The van der Waals surface area contributed by atoms with Gasteiger partial charge in [-0.2, -0.15) is 0 Å². The maximum Gasteiger partial charge on any atom is 0.00707 e. The first-order chi connectivity index (χ1) is 4.61. The third kappa shape index (κ3) is 1.55. The van der Waals surface area contributed by atoms with Crippen molar-refractivity contribution in [3.63, 3.8) is 0 Å². The van der Waals surface area contributed by atoms with Crippen LogP contribution in [-0.2, 0) is 0 Å². The van der Waals surface area contributed by atoms with Gasteiger partial charge in [0.2, 0.25) is 0 Å². The molecule has 10 heavy (non-hydrogen) atoms. The Morgan fingerprint density at radius 3 is 2.30 bits per heavy atom. The summed E-state index contributed by atoms with van der Waals surface area (Å²) >= 11 is 5.11. The summed E-state index contributed by atoms with van der Waals surface area (Å²) in [4.78, 5) is 1.14. The van der Waals surface area contributed by atoms with Crippen LogP contribution in [0.2, 0.25) is 0 Å². The lowest BCUT2D eigenvalue weighted by Gasteiger charge is -2.05. The summed E-state index contributed by atoms with van der Waals surface area (Å²) in [6.07, 6.45) is 2.31. The first-order valence-electron chi connectivity index (χ1n) is 3.87. The van der Waals surface area contributed by atoms with Gasteiger partial charge in [0, 0.05) is 6.04 Å². The zero-order valence-corrected chi connectivity index (χ0v) is 7.45. The SMILES string of the molecule is CC(=S)C1CC(C)C(N)C1. The van der Waals surface area contributed by atoms with Crippen LogP contribution in [0, 0.1) is 11.8 Å². The highest BCUT2D eigenvalue weighted by molar-refractivity contribution is 7.80. The second kappa shape index (κ2) is 2.97. The second-order valence-corrected chi connectivity index (χ2v) is 4.06. The highest BCUT2D eigenvalue weighted by Crippen LogP contribution is 2.30. The van der Waals surface area contributed by atoms with Crippen molar-refractivity contribution in [2.45, 2.75) is 32.7 Å². The summed E-state index contributed by atoms with van der Waals surface area (Å²) in [5.41, 5.74) is 5.85. The van der Waals surface area contributed by atoms with Gasteiger partial charge >= 0.3 is 0 Å². The predicted octanol–water partition coefficient (Wildman–Crippen LogP) is 1.75. The van der Waals surface area contributed by atoms with Crippen molar-refractivity contribution < 1.29 is 0 Å². The molecule has 2 N–H and O–H groups in total. The molecule has 1 aliphatic carbocycles. The van der Waals surface area contributed by atoms with Gasteiger partial charge in [-0.25, -0.2) is 0 Å². The number of hydrogen-bond donors (Lipinski definition) is 1. The molecule has 0 bridgehead atoms. The fourth-order valence-electron chi connectivity index (χ4n) is 1.61. The van der Waals surface area contributed by atoms with E-state index in [1.54, 1.807) is 0 Å². The van der Waals surface area contributed by atoms with E-state index >= 15 is 0 Å². The Morgan fingerprint density at radius 2 is 2.10 bits per heavy atom. The summed E-state index contributed by atoms with van der Waals surface area (Å²) in [6, 6.07) is 0.392. The number of nitrogens with two attached hydrogens (primary N) is 1. The molecule has 58 valence electrons. The van der Waals surface area contributed by atoms with E-state index in [0.29, 0.717) is 17.9 Å². The maximum absolute atomic E-state index is 5.85. The normalized spacial score (nSPS) is 40.1.